The Balaban J connectivity index is 1.25. The van der Waals surface area contributed by atoms with Crippen molar-refractivity contribution in [3.05, 3.63) is 93.8 Å². The number of H-pyrrole nitrogens is 1. The number of nitrogens with one attached hydrogen (secondary N) is 1. The number of aromatic amines is 1. The number of nitrogens with zero attached hydrogens (tertiary/aromatic N) is 3. The van der Waals surface area contributed by atoms with E-state index in [-0.39, 0.29) is 17.9 Å². The summed E-state index contributed by atoms with van der Waals surface area (Å²) in [4.78, 5) is 37.4. The van der Waals surface area contributed by atoms with Crippen LogP contribution in [-0.2, 0) is 11.3 Å². The molecule has 192 valence electrons. The summed E-state index contributed by atoms with van der Waals surface area (Å²) < 4.78 is 7.13. The number of amides is 2. The molecule has 0 saturated carbocycles. The molecular formula is C30H27IN4O3. The molecule has 2 aliphatic rings. The van der Waals surface area contributed by atoms with Crippen molar-refractivity contribution in [1.82, 2.24) is 19.8 Å². The molecule has 1 saturated heterocycles. The van der Waals surface area contributed by atoms with Gasteiger partial charge < -0.3 is 19.5 Å². The fraction of sp³-hybridized carbons (Fsp3) is 0.233. The van der Waals surface area contributed by atoms with Crippen LogP contribution in [0.15, 0.2) is 79.1 Å². The first-order valence-corrected chi connectivity index (χ1v) is 13.8. The molecule has 1 unspecified atom stereocenters. The molecule has 3 aromatic carbocycles. The molecule has 1 N–H and O–H groups in total. The van der Waals surface area contributed by atoms with E-state index >= 15 is 0 Å². The molecule has 2 amide bonds. The Morgan fingerprint density at radius 3 is 2.61 bits per heavy atom. The maximum absolute atomic E-state index is 13.9. The van der Waals surface area contributed by atoms with E-state index in [1.807, 2.05) is 40.3 Å². The predicted molar refractivity (Wildman–Crippen MR) is 154 cm³/mol. The van der Waals surface area contributed by atoms with Crippen LogP contribution in [0, 0.1) is 3.57 Å². The molecule has 0 spiro atoms. The van der Waals surface area contributed by atoms with Gasteiger partial charge in [0.2, 0.25) is 0 Å². The molecule has 0 aliphatic carbocycles. The first-order valence-electron chi connectivity index (χ1n) is 12.7. The van der Waals surface area contributed by atoms with Gasteiger partial charge in [-0.3, -0.25) is 4.79 Å². The molecule has 3 heterocycles. The number of Topliss-reactive ketones (excluding diaryl/α,β-unsaturated/α-hetero) is 1. The summed E-state index contributed by atoms with van der Waals surface area (Å²) in [6.07, 6.45) is 4.30. The predicted octanol–water partition coefficient (Wildman–Crippen LogP) is 6.07. The van der Waals surface area contributed by atoms with Crippen LogP contribution < -0.4 is 4.74 Å². The van der Waals surface area contributed by atoms with E-state index in [2.05, 4.69) is 75.0 Å². The van der Waals surface area contributed by atoms with E-state index in [9.17, 15) is 9.59 Å². The van der Waals surface area contributed by atoms with Crippen LogP contribution >= 0.6 is 22.6 Å². The van der Waals surface area contributed by atoms with Gasteiger partial charge in [0, 0.05) is 46.5 Å². The Morgan fingerprint density at radius 2 is 1.82 bits per heavy atom. The summed E-state index contributed by atoms with van der Waals surface area (Å²) in [7, 11) is 0. The molecule has 1 fully saturated rings. The van der Waals surface area contributed by atoms with Crippen molar-refractivity contribution in [3.8, 4) is 28.3 Å². The Hall–Kier alpha value is -3.66. The molecule has 2 aliphatic heterocycles. The third-order valence-electron chi connectivity index (χ3n) is 7.21. The van der Waals surface area contributed by atoms with Crippen molar-refractivity contribution in [2.45, 2.75) is 25.4 Å². The van der Waals surface area contributed by atoms with Gasteiger partial charge in [-0.05, 0) is 63.5 Å². The Morgan fingerprint density at radius 1 is 1.00 bits per heavy atom. The van der Waals surface area contributed by atoms with E-state index in [1.54, 1.807) is 6.20 Å². The van der Waals surface area contributed by atoms with E-state index in [0.717, 1.165) is 43.0 Å². The Bertz CT molecular complexity index is 1470. The van der Waals surface area contributed by atoms with E-state index in [4.69, 9.17) is 4.74 Å². The molecule has 7 nitrogen and oxygen atoms in total. The lowest BCUT2D eigenvalue weighted by atomic mass is 9.94. The Kier molecular flexibility index (Phi) is 6.88. The number of rotatable bonds is 3. The first-order chi connectivity index (χ1) is 18.5. The number of fused-ring (bicyclic) bond motifs is 1. The van der Waals surface area contributed by atoms with Crippen LogP contribution in [0.5, 0.6) is 5.75 Å². The number of imidazole rings is 1. The van der Waals surface area contributed by atoms with Crippen LogP contribution in [0.3, 0.4) is 0 Å². The highest BCUT2D eigenvalue weighted by atomic mass is 127. The standard InChI is InChI=1S/C30H27IN4O3/c31-25-3-1-2-23(17-25)27-18-26(36)10-13-35(27)30(37)34-14-15-38-28-9-8-22(16-24(28)19-34)20-4-6-21(7-5-20)29-32-11-12-33-29/h1-9,11-12,16-17,27H,10,13-15,18-19H2,(H,32,33). The summed E-state index contributed by atoms with van der Waals surface area (Å²) in [6, 6.07) is 22.2. The number of hydrogen-bond donors (Lipinski definition) is 1. The minimum atomic E-state index is -0.249. The number of aromatic nitrogens is 2. The van der Waals surface area contributed by atoms with Gasteiger partial charge >= 0.3 is 6.03 Å². The van der Waals surface area contributed by atoms with Crippen molar-refractivity contribution >= 4 is 34.4 Å². The molecule has 0 bridgehead atoms. The van der Waals surface area contributed by atoms with Crippen molar-refractivity contribution < 1.29 is 14.3 Å². The fourth-order valence-corrected chi connectivity index (χ4v) is 5.80. The number of likely N-dealkylation sites (tertiary alicyclic amines) is 1. The van der Waals surface area contributed by atoms with Gasteiger partial charge in [-0.2, -0.15) is 0 Å². The summed E-state index contributed by atoms with van der Waals surface area (Å²) in [5.74, 6) is 1.84. The minimum absolute atomic E-state index is 0.0500. The largest absolute Gasteiger partial charge is 0.491 e. The third kappa shape index (κ3) is 5.05. The number of benzene rings is 3. The SMILES string of the molecule is O=C1CCN(C(=O)N2CCOc3ccc(-c4ccc(-c5ncc[nH]5)cc4)cc3C2)C(c2cccc(I)c2)C1. The molecule has 38 heavy (non-hydrogen) atoms. The average molecular weight is 618 g/mol. The minimum Gasteiger partial charge on any atom is -0.491 e. The molecule has 4 aromatic rings. The van der Waals surface area contributed by atoms with Crippen molar-refractivity contribution in [3.63, 3.8) is 0 Å². The highest BCUT2D eigenvalue weighted by Crippen LogP contribution is 2.34. The zero-order valence-electron chi connectivity index (χ0n) is 20.8. The van der Waals surface area contributed by atoms with Crippen LogP contribution in [-0.4, -0.2) is 51.3 Å². The number of halogens is 1. The van der Waals surface area contributed by atoms with E-state index in [1.165, 1.54) is 0 Å². The van der Waals surface area contributed by atoms with Gasteiger partial charge in [-0.15, -0.1) is 0 Å². The second-order valence-corrected chi connectivity index (χ2v) is 10.9. The van der Waals surface area contributed by atoms with Crippen molar-refractivity contribution in [2.24, 2.45) is 0 Å². The van der Waals surface area contributed by atoms with Gasteiger partial charge in [0.1, 0.15) is 24.0 Å². The second-order valence-electron chi connectivity index (χ2n) is 9.65. The number of ether oxygens (including phenoxy) is 1. The van der Waals surface area contributed by atoms with Gasteiger partial charge in [0.05, 0.1) is 19.1 Å². The lowest BCUT2D eigenvalue weighted by Crippen LogP contribution is -2.48. The quantitative estimate of drug-likeness (QED) is 0.283. The number of hydrogen-bond acceptors (Lipinski definition) is 4. The van der Waals surface area contributed by atoms with E-state index < -0.39 is 0 Å². The number of piperidine rings is 1. The highest BCUT2D eigenvalue weighted by Gasteiger charge is 2.35. The van der Waals surface area contributed by atoms with Gasteiger partial charge in [0.15, 0.2) is 0 Å². The number of carbonyl (C=O) groups is 2. The highest BCUT2D eigenvalue weighted by molar-refractivity contribution is 14.1. The fourth-order valence-electron chi connectivity index (χ4n) is 5.23. The van der Waals surface area contributed by atoms with Crippen LogP contribution in [0.2, 0.25) is 0 Å². The average Bonchev–Trinajstić information content (AvgIpc) is 3.39. The molecule has 6 rings (SSSR count). The first kappa shape index (κ1) is 24.7. The third-order valence-corrected chi connectivity index (χ3v) is 7.88. The maximum atomic E-state index is 13.9. The molecule has 1 aromatic heterocycles. The van der Waals surface area contributed by atoms with Crippen LogP contribution in [0.4, 0.5) is 4.79 Å². The molecular weight excluding hydrogens is 591 g/mol. The molecule has 1 atom stereocenters. The summed E-state index contributed by atoms with van der Waals surface area (Å²) >= 11 is 2.27. The lowest BCUT2D eigenvalue weighted by molar-refractivity contribution is -0.122. The summed E-state index contributed by atoms with van der Waals surface area (Å²) in [6.45, 7) is 1.80. The molecule has 8 heteroatoms. The number of ketones is 1. The normalized spacial score (nSPS) is 17.5. The lowest BCUT2D eigenvalue weighted by Gasteiger charge is -2.38. The van der Waals surface area contributed by atoms with Crippen molar-refractivity contribution in [2.75, 3.05) is 19.7 Å². The van der Waals surface area contributed by atoms with Gasteiger partial charge in [-0.1, -0.05) is 42.5 Å². The maximum Gasteiger partial charge on any atom is 0.320 e. The zero-order valence-corrected chi connectivity index (χ0v) is 22.9. The number of carbonyl (C=O) groups excluding carboxylic acids is 2. The van der Waals surface area contributed by atoms with Crippen molar-refractivity contribution in [1.29, 1.82) is 0 Å². The molecule has 0 radical (unpaired) electrons. The zero-order chi connectivity index (χ0) is 26.1. The second kappa shape index (κ2) is 10.6. The van der Waals surface area contributed by atoms with Gasteiger partial charge in [-0.25, -0.2) is 9.78 Å². The summed E-state index contributed by atoms with van der Waals surface area (Å²) in [5.41, 5.74) is 5.15. The van der Waals surface area contributed by atoms with E-state index in [0.29, 0.717) is 39.1 Å². The monoisotopic (exact) mass is 618 g/mol. The number of urea groups is 1. The van der Waals surface area contributed by atoms with Crippen LogP contribution in [0.25, 0.3) is 22.5 Å². The van der Waals surface area contributed by atoms with Crippen LogP contribution in [0.1, 0.15) is 30.0 Å². The summed E-state index contributed by atoms with van der Waals surface area (Å²) in [5, 5.41) is 0. The smallest absolute Gasteiger partial charge is 0.320 e. The van der Waals surface area contributed by atoms with Gasteiger partial charge in [0.25, 0.3) is 0 Å². The topological polar surface area (TPSA) is 78.5 Å². The Labute approximate surface area is 235 Å².